The van der Waals surface area contributed by atoms with E-state index in [1.54, 1.807) is 7.11 Å². The lowest BCUT2D eigenvalue weighted by atomic mass is 10.1. The summed E-state index contributed by atoms with van der Waals surface area (Å²) in [5.41, 5.74) is 0. The Morgan fingerprint density at radius 1 is 1.33 bits per heavy atom. The van der Waals surface area contributed by atoms with Gasteiger partial charge in [-0.2, -0.15) is 0 Å². The fraction of sp³-hybridized carbons (Fsp3) is 1.00. The zero-order valence-electron chi connectivity index (χ0n) is 12.3. The Morgan fingerprint density at radius 2 is 2.17 bits per heavy atom. The second kappa shape index (κ2) is 9.73. The first-order valence-corrected chi connectivity index (χ1v) is 7.26. The predicted octanol–water partition coefficient (Wildman–Crippen LogP) is 1.36. The van der Waals surface area contributed by atoms with Crippen molar-refractivity contribution in [1.82, 2.24) is 10.2 Å². The summed E-state index contributed by atoms with van der Waals surface area (Å²) >= 11 is 0. The van der Waals surface area contributed by atoms with Gasteiger partial charge in [0, 0.05) is 33.4 Å². The number of rotatable bonds is 10. The summed E-state index contributed by atoms with van der Waals surface area (Å²) < 4.78 is 10.7. The Morgan fingerprint density at radius 3 is 2.89 bits per heavy atom. The van der Waals surface area contributed by atoms with Gasteiger partial charge in [0.2, 0.25) is 0 Å². The molecule has 0 aromatic carbocycles. The number of hydrogen-bond donors (Lipinski definition) is 1. The van der Waals surface area contributed by atoms with Gasteiger partial charge >= 0.3 is 0 Å². The molecule has 0 aromatic heterocycles. The van der Waals surface area contributed by atoms with Crippen molar-refractivity contribution in [2.75, 3.05) is 53.0 Å². The van der Waals surface area contributed by atoms with E-state index >= 15 is 0 Å². The molecule has 1 saturated heterocycles. The standard InChI is InChI=1S/C14H30N2O2/c1-13(2)18-10-4-6-15-7-9-16-8-5-14(11-16)12-17-3/h13-15H,4-12H2,1-3H3. The smallest absolute Gasteiger partial charge is 0.0518 e. The highest BCUT2D eigenvalue weighted by molar-refractivity contribution is 4.75. The molecule has 18 heavy (non-hydrogen) atoms. The van der Waals surface area contributed by atoms with Crippen LogP contribution in [0.25, 0.3) is 0 Å². The highest BCUT2D eigenvalue weighted by Gasteiger charge is 2.21. The molecule has 4 heteroatoms. The van der Waals surface area contributed by atoms with Crippen molar-refractivity contribution < 1.29 is 9.47 Å². The molecule has 1 rings (SSSR count). The van der Waals surface area contributed by atoms with Crippen LogP contribution < -0.4 is 5.32 Å². The monoisotopic (exact) mass is 258 g/mol. The summed E-state index contributed by atoms with van der Waals surface area (Å²) in [4.78, 5) is 2.53. The van der Waals surface area contributed by atoms with E-state index in [9.17, 15) is 0 Å². The van der Waals surface area contributed by atoms with Gasteiger partial charge in [-0.25, -0.2) is 0 Å². The minimum atomic E-state index is 0.354. The predicted molar refractivity (Wildman–Crippen MR) is 75.0 cm³/mol. The molecule has 1 N–H and O–H groups in total. The lowest BCUT2D eigenvalue weighted by Crippen LogP contribution is -2.31. The lowest BCUT2D eigenvalue weighted by Gasteiger charge is -2.16. The zero-order chi connectivity index (χ0) is 13.2. The highest BCUT2D eigenvalue weighted by atomic mass is 16.5. The molecule has 108 valence electrons. The number of likely N-dealkylation sites (tertiary alicyclic amines) is 1. The van der Waals surface area contributed by atoms with Crippen molar-refractivity contribution in [1.29, 1.82) is 0 Å². The topological polar surface area (TPSA) is 33.7 Å². The van der Waals surface area contributed by atoms with Crippen LogP contribution in [0, 0.1) is 5.92 Å². The van der Waals surface area contributed by atoms with Crippen molar-refractivity contribution in [3.05, 3.63) is 0 Å². The normalized spacial score (nSPS) is 21.0. The molecule has 0 saturated carbocycles. The van der Waals surface area contributed by atoms with E-state index in [2.05, 4.69) is 24.1 Å². The van der Waals surface area contributed by atoms with Crippen LogP contribution in [0.1, 0.15) is 26.7 Å². The number of methoxy groups -OCH3 is 1. The third-order valence-corrected chi connectivity index (χ3v) is 3.33. The Hall–Kier alpha value is -0.160. The Bertz CT molecular complexity index is 200. The van der Waals surface area contributed by atoms with E-state index in [1.165, 1.54) is 19.5 Å². The van der Waals surface area contributed by atoms with Crippen molar-refractivity contribution in [2.45, 2.75) is 32.8 Å². The molecule has 1 fully saturated rings. The molecule has 0 bridgehead atoms. The van der Waals surface area contributed by atoms with E-state index in [-0.39, 0.29) is 0 Å². The molecule has 1 unspecified atom stereocenters. The van der Waals surface area contributed by atoms with Crippen LogP contribution in [-0.4, -0.2) is 64.1 Å². The Labute approximate surface area is 112 Å². The van der Waals surface area contributed by atoms with Crippen LogP contribution in [-0.2, 0) is 9.47 Å². The molecule has 1 atom stereocenters. The van der Waals surface area contributed by atoms with Crippen molar-refractivity contribution in [3.63, 3.8) is 0 Å². The summed E-state index contributed by atoms with van der Waals surface area (Å²) in [5.74, 6) is 0.745. The maximum atomic E-state index is 5.50. The number of nitrogens with one attached hydrogen (secondary N) is 1. The quantitative estimate of drug-likeness (QED) is 0.600. The van der Waals surface area contributed by atoms with Crippen LogP contribution in [0.4, 0.5) is 0 Å². The molecule has 4 nitrogen and oxygen atoms in total. The molecule has 0 spiro atoms. The molecule has 0 aromatic rings. The van der Waals surface area contributed by atoms with Crippen molar-refractivity contribution in [3.8, 4) is 0 Å². The molecule has 0 aliphatic carbocycles. The summed E-state index contributed by atoms with van der Waals surface area (Å²) in [5, 5.41) is 3.48. The van der Waals surface area contributed by atoms with Gasteiger partial charge in [0.15, 0.2) is 0 Å². The van der Waals surface area contributed by atoms with E-state index < -0.39 is 0 Å². The maximum absolute atomic E-state index is 5.50. The van der Waals surface area contributed by atoms with Crippen LogP contribution in [0.2, 0.25) is 0 Å². The second-order valence-corrected chi connectivity index (χ2v) is 5.43. The minimum Gasteiger partial charge on any atom is -0.384 e. The third kappa shape index (κ3) is 7.31. The van der Waals surface area contributed by atoms with Gasteiger partial charge in [0.05, 0.1) is 12.7 Å². The average Bonchev–Trinajstić information content (AvgIpc) is 2.76. The van der Waals surface area contributed by atoms with Crippen molar-refractivity contribution in [2.24, 2.45) is 5.92 Å². The molecule has 1 heterocycles. The van der Waals surface area contributed by atoms with E-state index in [4.69, 9.17) is 9.47 Å². The van der Waals surface area contributed by atoms with Gasteiger partial charge in [0.1, 0.15) is 0 Å². The molecule has 1 aliphatic rings. The first-order chi connectivity index (χ1) is 8.72. The van der Waals surface area contributed by atoms with Gasteiger partial charge in [-0.3, -0.25) is 0 Å². The second-order valence-electron chi connectivity index (χ2n) is 5.43. The highest BCUT2D eigenvalue weighted by Crippen LogP contribution is 2.15. The maximum Gasteiger partial charge on any atom is 0.0518 e. The van der Waals surface area contributed by atoms with Gasteiger partial charge < -0.3 is 19.7 Å². The Kier molecular flexibility index (Phi) is 8.59. The van der Waals surface area contributed by atoms with Crippen molar-refractivity contribution >= 4 is 0 Å². The van der Waals surface area contributed by atoms with E-state index in [1.807, 2.05) is 0 Å². The van der Waals surface area contributed by atoms with Gasteiger partial charge in [-0.1, -0.05) is 0 Å². The van der Waals surface area contributed by atoms with Crippen LogP contribution in [0.15, 0.2) is 0 Å². The fourth-order valence-corrected chi connectivity index (χ4v) is 2.37. The summed E-state index contributed by atoms with van der Waals surface area (Å²) in [6.45, 7) is 11.7. The SMILES string of the molecule is COCC1CCN(CCNCCCOC(C)C)C1. The van der Waals surface area contributed by atoms with Gasteiger partial charge in [-0.05, 0) is 45.7 Å². The summed E-state index contributed by atoms with van der Waals surface area (Å²) in [6, 6.07) is 0. The third-order valence-electron chi connectivity index (χ3n) is 3.33. The van der Waals surface area contributed by atoms with Gasteiger partial charge in [-0.15, -0.1) is 0 Å². The zero-order valence-corrected chi connectivity index (χ0v) is 12.3. The average molecular weight is 258 g/mol. The molecule has 0 amide bonds. The van der Waals surface area contributed by atoms with Crippen LogP contribution in [0.5, 0.6) is 0 Å². The molecule has 0 radical (unpaired) electrons. The van der Waals surface area contributed by atoms with E-state index in [0.717, 1.165) is 45.2 Å². The molecular formula is C14H30N2O2. The molecule has 1 aliphatic heterocycles. The van der Waals surface area contributed by atoms with Crippen LogP contribution >= 0.6 is 0 Å². The largest absolute Gasteiger partial charge is 0.384 e. The number of ether oxygens (including phenoxy) is 2. The summed E-state index contributed by atoms with van der Waals surface area (Å²) in [7, 11) is 1.80. The first kappa shape index (κ1) is 15.9. The fourth-order valence-electron chi connectivity index (χ4n) is 2.37. The van der Waals surface area contributed by atoms with Gasteiger partial charge in [0.25, 0.3) is 0 Å². The summed E-state index contributed by atoms with van der Waals surface area (Å²) in [6.07, 6.45) is 2.74. The van der Waals surface area contributed by atoms with Crippen LogP contribution in [0.3, 0.4) is 0 Å². The molecular weight excluding hydrogens is 228 g/mol. The number of nitrogens with zero attached hydrogens (tertiary/aromatic N) is 1. The van der Waals surface area contributed by atoms with E-state index in [0.29, 0.717) is 6.10 Å². The lowest BCUT2D eigenvalue weighted by molar-refractivity contribution is 0.0770. The number of hydrogen-bond acceptors (Lipinski definition) is 4. The minimum absolute atomic E-state index is 0.354. The Balaban J connectivity index is 1.87. The first-order valence-electron chi connectivity index (χ1n) is 7.26.